The van der Waals surface area contributed by atoms with E-state index < -0.39 is 0 Å². The van der Waals surface area contributed by atoms with Gasteiger partial charge in [0.1, 0.15) is 17.2 Å². The standard InChI is InChI=1S/C28H22Br2O4/c29-22-12-14-24(32)26-20(22)10-4-16-2-8-19(9-3-16)34-25-15-17(5-13-23(25)31)1-6-18-7-11-21(26)28(33)27(18)30/h2-3,5,7-9,11-15,31-33H,1,4,6,10H2. The Labute approximate surface area is 214 Å². The van der Waals surface area contributed by atoms with Gasteiger partial charge >= 0.3 is 0 Å². The Morgan fingerprint density at radius 1 is 0.676 bits per heavy atom. The average molecular weight is 582 g/mol. The van der Waals surface area contributed by atoms with E-state index in [1.165, 1.54) is 0 Å². The van der Waals surface area contributed by atoms with Crippen molar-refractivity contribution in [1.82, 2.24) is 0 Å². The van der Waals surface area contributed by atoms with E-state index in [9.17, 15) is 15.3 Å². The fourth-order valence-corrected chi connectivity index (χ4v) is 5.42. The molecular formula is C28H22Br2O4. The minimum atomic E-state index is 0.0895. The molecule has 0 spiro atoms. The first-order valence-electron chi connectivity index (χ1n) is 11.0. The molecule has 0 unspecified atom stereocenters. The number of halogens is 2. The fourth-order valence-electron chi connectivity index (χ4n) is 4.35. The van der Waals surface area contributed by atoms with Gasteiger partial charge in [0.25, 0.3) is 0 Å². The number of phenolic OH excluding ortho intramolecular Hbond substituents is 3. The van der Waals surface area contributed by atoms with Crippen LogP contribution in [0.2, 0.25) is 0 Å². The maximum absolute atomic E-state index is 11.1. The molecule has 4 aromatic carbocycles. The second kappa shape index (κ2) is 9.35. The van der Waals surface area contributed by atoms with Gasteiger partial charge < -0.3 is 20.1 Å². The zero-order chi connectivity index (χ0) is 23.8. The van der Waals surface area contributed by atoms with Crippen LogP contribution in [-0.4, -0.2) is 15.3 Å². The number of rotatable bonds is 0. The number of ether oxygens (including phenoxy) is 1. The molecule has 6 bridgehead atoms. The van der Waals surface area contributed by atoms with Gasteiger partial charge in [0.05, 0.1) is 4.47 Å². The van der Waals surface area contributed by atoms with Crippen molar-refractivity contribution in [1.29, 1.82) is 0 Å². The van der Waals surface area contributed by atoms with E-state index in [1.54, 1.807) is 12.1 Å². The fraction of sp³-hybridized carbons (Fsp3) is 0.143. The molecule has 8 rings (SSSR count). The highest BCUT2D eigenvalue weighted by Gasteiger charge is 2.20. The highest BCUT2D eigenvalue weighted by molar-refractivity contribution is 9.11. The predicted octanol–water partition coefficient (Wildman–Crippen LogP) is 7.67. The molecule has 4 aromatic rings. The van der Waals surface area contributed by atoms with E-state index >= 15 is 0 Å². The average Bonchev–Trinajstić information content (AvgIpc) is 2.83. The Bertz CT molecular complexity index is 1380. The molecule has 0 aromatic heterocycles. The number of aromatic hydroxyl groups is 3. The summed E-state index contributed by atoms with van der Waals surface area (Å²) in [5.41, 5.74) is 5.20. The molecule has 0 aliphatic carbocycles. The summed E-state index contributed by atoms with van der Waals surface area (Å²) in [6.07, 6.45) is 2.76. The SMILES string of the molecule is Oc1ccc2cc1Oc1ccc(cc1)CCc1c(Br)ccc(O)c1-c1ccc(c(Br)c1O)CC2. The van der Waals surface area contributed by atoms with Crippen molar-refractivity contribution in [2.45, 2.75) is 25.7 Å². The summed E-state index contributed by atoms with van der Waals surface area (Å²) >= 11 is 7.22. The molecule has 4 heterocycles. The van der Waals surface area contributed by atoms with Gasteiger partial charge in [-0.1, -0.05) is 46.3 Å². The van der Waals surface area contributed by atoms with E-state index in [4.69, 9.17) is 4.74 Å². The molecule has 4 aliphatic heterocycles. The first kappa shape index (κ1) is 22.8. The number of benzene rings is 4. The largest absolute Gasteiger partial charge is 0.507 e. The Balaban J connectivity index is 1.65. The molecule has 0 amide bonds. The molecule has 6 heteroatoms. The summed E-state index contributed by atoms with van der Waals surface area (Å²) in [6.45, 7) is 0. The summed E-state index contributed by atoms with van der Waals surface area (Å²) in [4.78, 5) is 0. The van der Waals surface area contributed by atoms with Gasteiger partial charge in [0.15, 0.2) is 11.5 Å². The third kappa shape index (κ3) is 4.40. The van der Waals surface area contributed by atoms with Crippen LogP contribution in [0.1, 0.15) is 22.3 Å². The zero-order valence-electron chi connectivity index (χ0n) is 18.2. The van der Waals surface area contributed by atoms with Crippen LogP contribution in [0.15, 0.2) is 75.7 Å². The van der Waals surface area contributed by atoms with E-state index in [0.29, 0.717) is 46.4 Å². The maximum Gasteiger partial charge on any atom is 0.169 e. The van der Waals surface area contributed by atoms with E-state index in [1.807, 2.05) is 54.6 Å². The molecular weight excluding hydrogens is 560 g/mol. The van der Waals surface area contributed by atoms with Gasteiger partial charge in [0, 0.05) is 15.6 Å². The first-order chi connectivity index (χ1) is 16.4. The minimum absolute atomic E-state index is 0.0895. The normalized spacial score (nSPS) is 13.1. The van der Waals surface area contributed by atoms with E-state index in [2.05, 4.69) is 31.9 Å². The first-order valence-corrected chi connectivity index (χ1v) is 12.6. The number of aryl methyl sites for hydroxylation is 3. The second-order valence-corrected chi connectivity index (χ2v) is 10.1. The summed E-state index contributed by atoms with van der Waals surface area (Å²) in [5, 5.41) is 32.2. The lowest BCUT2D eigenvalue weighted by atomic mass is 9.92. The molecule has 34 heavy (non-hydrogen) atoms. The molecule has 0 atom stereocenters. The summed E-state index contributed by atoms with van der Waals surface area (Å²) < 4.78 is 7.46. The third-order valence-electron chi connectivity index (χ3n) is 6.22. The lowest BCUT2D eigenvalue weighted by molar-refractivity contribution is 0.410. The maximum atomic E-state index is 11.1. The third-order valence-corrected chi connectivity index (χ3v) is 7.85. The van der Waals surface area contributed by atoms with Crippen LogP contribution in [0.25, 0.3) is 11.1 Å². The van der Waals surface area contributed by atoms with Crippen molar-refractivity contribution in [3.05, 3.63) is 97.9 Å². The molecule has 0 saturated carbocycles. The van der Waals surface area contributed by atoms with Crippen molar-refractivity contribution >= 4 is 31.9 Å². The summed E-state index contributed by atoms with van der Waals surface area (Å²) in [7, 11) is 0. The Kier molecular flexibility index (Phi) is 6.28. The zero-order valence-corrected chi connectivity index (χ0v) is 21.4. The van der Waals surface area contributed by atoms with Crippen LogP contribution in [0, 0.1) is 0 Å². The van der Waals surface area contributed by atoms with Gasteiger partial charge in [0.2, 0.25) is 0 Å². The molecule has 4 nitrogen and oxygen atoms in total. The van der Waals surface area contributed by atoms with Gasteiger partial charge in [-0.3, -0.25) is 0 Å². The van der Waals surface area contributed by atoms with Crippen LogP contribution in [0.5, 0.6) is 28.7 Å². The lowest BCUT2D eigenvalue weighted by Crippen LogP contribution is -1.99. The van der Waals surface area contributed by atoms with E-state index in [-0.39, 0.29) is 17.2 Å². The monoisotopic (exact) mass is 580 g/mol. The number of hydrogen-bond donors (Lipinski definition) is 3. The van der Waals surface area contributed by atoms with E-state index in [0.717, 1.165) is 33.1 Å². The molecule has 0 radical (unpaired) electrons. The highest BCUT2D eigenvalue weighted by atomic mass is 79.9. The Morgan fingerprint density at radius 3 is 2.18 bits per heavy atom. The smallest absolute Gasteiger partial charge is 0.169 e. The minimum Gasteiger partial charge on any atom is -0.507 e. The molecule has 0 fully saturated rings. The molecule has 0 saturated heterocycles. The number of phenols is 3. The van der Waals surface area contributed by atoms with Crippen molar-refractivity contribution in [2.75, 3.05) is 0 Å². The van der Waals surface area contributed by atoms with Crippen LogP contribution < -0.4 is 4.74 Å². The molecule has 4 aliphatic rings. The Morgan fingerprint density at radius 2 is 1.38 bits per heavy atom. The van der Waals surface area contributed by atoms with Crippen molar-refractivity contribution < 1.29 is 20.1 Å². The van der Waals surface area contributed by atoms with Crippen molar-refractivity contribution in [2.24, 2.45) is 0 Å². The van der Waals surface area contributed by atoms with Crippen LogP contribution >= 0.6 is 31.9 Å². The predicted molar refractivity (Wildman–Crippen MR) is 140 cm³/mol. The second-order valence-electron chi connectivity index (χ2n) is 8.40. The Hall–Kier alpha value is -2.96. The number of hydrogen-bond acceptors (Lipinski definition) is 4. The highest BCUT2D eigenvalue weighted by Crippen LogP contribution is 2.45. The topological polar surface area (TPSA) is 69.9 Å². The van der Waals surface area contributed by atoms with Crippen LogP contribution in [0.4, 0.5) is 0 Å². The quantitative estimate of drug-likeness (QED) is 0.199. The van der Waals surface area contributed by atoms with Gasteiger partial charge in [-0.25, -0.2) is 0 Å². The molecule has 3 N–H and O–H groups in total. The van der Waals surface area contributed by atoms with Gasteiger partial charge in [-0.2, -0.15) is 0 Å². The van der Waals surface area contributed by atoms with Gasteiger partial charge in [-0.15, -0.1) is 0 Å². The van der Waals surface area contributed by atoms with Crippen LogP contribution in [-0.2, 0) is 25.7 Å². The summed E-state index contributed by atoms with van der Waals surface area (Å²) in [6, 6.07) is 20.5. The van der Waals surface area contributed by atoms with Gasteiger partial charge in [-0.05, 0) is 100 Å². The van der Waals surface area contributed by atoms with Crippen molar-refractivity contribution in [3.63, 3.8) is 0 Å². The molecule has 172 valence electrons. The van der Waals surface area contributed by atoms with Crippen molar-refractivity contribution in [3.8, 4) is 39.9 Å². The summed E-state index contributed by atoms with van der Waals surface area (Å²) in [5.74, 6) is 1.39. The van der Waals surface area contributed by atoms with Crippen LogP contribution in [0.3, 0.4) is 0 Å². The lowest BCUT2D eigenvalue weighted by Gasteiger charge is -2.18.